The number of amides is 3. The maximum absolute atomic E-state index is 12.4. The van der Waals surface area contributed by atoms with Gasteiger partial charge in [0.15, 0.2) is 0 Å². The van der Waals surface area contributed by atoms with Crippen LogP contribution in [-0.4, -0.2) is 76.8 Å². The van der Waals surface area contributed by atoms with E-state index >= 15 is 0 Å². The van der Waals surface area contributed by atoms with Gasteiger partial charge >= 0.3 is 11.9 Å². The summed E-state index contributed by atoms with van der Waals surface area (Å²) in [5, 5.41) is 24.5. The van der Waals surface area contributed by atoms with Gasteiger partial charge in [0.1, 0.15) is 18.1 Å². The predicted octanol–water partition coefficient (Wildman–Crippen LogP) is -2.98. The molecule has 0 saturated carbocycles. The van der Waals surface area contributed by atoms with E-state index < -0.39 is 54.2 Å². The highest BCUT2D eigenvalue weighted by molar-refractivity contribution is 7.80. The van der Waals surface area contributed by atoms with Crippen molar-refractivity contribution in [1.29, 1.82) is 0 Å². The second kappa shape index (κ2) is 13.7. The van der Waals surface area contributed by atoms with E-state index in [0.717, 1.165) is 0 Å². The Kier molecular flexibility index (Phi) is 12.6. The third kappa shape index (κ3) is 10.1. The fraction of sp³-hybridized carbons (Fsp3) is 0.667. The molecule has 9 N–H and O–H groups in total. The van der Waals surface area contributed by atoms with E-state index in [1.807, 2.05) is 5.32 Å². The highest BCUT2D eigenvalue weighted by Crippen LogP contribution is 2.03. The van der Waals surface area contributed by atoms with E-state index in [2.05, 4.69) is 23.3 Å². The number of carboxylic acid groups (broad SMARTS) is 2. The van der Waals surface area contributed by atoms with E-state index in [9.17, 15) is 24.0 Å². The van der Waals surface area contributed by atoms with Crippen molar-refractivity contribution in [2.75, 3.05) is 18.8 Å². The first-order chi connectivity index (χ1) is 13.2. The number of hydrogen-bond acceptors (Lipinski definition) is 8. The largest absolute Gasteiger partial charge is 0.481 e. The van der Waals surface area contributed by atoms with Crippen LogP contribution in [0.5, 0.6) is 0 Å². The molecule has 3 unspecified atom stereocenters. The first-order valence-electron chi connectivity index (χ1n) is 8.51. The molecule has 0 aliphatic heterocycles. The fourth-order valence-corrected chi connectivity index (χ4v) is 2.39. The Labute approximate surface area is 167 Å². The molecule has 0 rings (SSSR count). The minimum Gasteiger partial charge on any atom is -0.481 e. The molecule has 0 aromatic carbocycles. The van der Waals surface area contributed by atoms with Crippen molar-refractivity contribution < 1.29 is 34.2 Å². The summed E-state index contributed by atoms with van der Waals surface area (Å²) in [6.07, 6.45) is 0.583. The van der Waals surface area contributed by atoms with Gasteiger partial charge in [-0.15, -0.1) is 0 Å². The SMILES string of the molecule is NCCCCC(NC(=O)CN)C(=O)NC(CS)C(=O)NC(CC(=O)O)C(=O)O. The lowest BCUT2D eigenvalue weighted by Gasteiger charge is -2.23. The molecule has 13 heteroatoms. The van der Waals surface area contributed by atoms with Gasteiger partial charge in [-0.2, -0.15) is 12.6 Å². The van der Waals surface area contributed by atoms with Crippen molar-refractivity contribution in [3.05, 3.63) is 0 Å². The molecule has 160 valence electrons. The maximum Gasteiger partial charge on any atom is 0.326 e. The summed E-state index contributed by atoms with van der Waals surface area (Å²) in [4.78, 5) is 57.9. The Morgan fingerprint density at radius 1 is 0.857 bits per heavy atom. The number of nitrogens with two attached hydrogens (primary N) is 2. The van der Waals surface area contributed by atoms with Crippen LogP contribution < -0.4 is 27.4 Å². The lowest BCUT2D eigenvalue weighted by Crippen LogP contribution is -2.57. The highest BCUT2D eigenvalue weighted by Gasteiger charge is 2.29. The predicted molar refractivity (Wildman–Crippen MR) is 101 cm³/mol. The maximum atomic E-state index is 12.4. The van der Waals surface area contributed by atoms with Crippen LogP contribution in [0.2, 0.25) is 0 Å². The Hall–Kier alpha value is -2.38. The zero-order valence-electron chi connectivity index (χ0n) is 15.2. The lowest BCUT2D eigenvalue weighted by molar-refractivity contribution is -0.147. The van der Waals surface area contributed by atoms with E-state index in [1.165, 1.54) is 0 Å². The molecule has 0 spiro atoms. The first-order valence-corrected chi connectivity index (χ1v) is 9.15. The monoisotopic (exact) mass is 421 g/mol. The first kappa shape index (κ1) is 25.6. The van der Waals surface area contributed by atoms with Gasteiger partial charge in [-0.25, -0.2) is 4.79 Å². The van der Waals surface area contributed by atoms with Crippen molar-refractivity contribution in [1.82, 2.24) is 16.0 Å². The van der Waals surface area contributed by atoms with Crippen LogP contribution in [0.15, 0.2) is 0 Å². The number of unbranched alkanes of at least 4 members (excludes halogenated alkanes) is 1. The number of carboxylic acids is 2. The molecule has 0 aliphatic carbocycles. The summed E-state index contributed by atoms with van der Waals surface area (Å²) in [5.74, 6) is -5.29. The van der Waals surface area contributed by atoms with Gasteiger partial charge in [-0.1, -0.05) is 0 Å². The quantitative estimate of drug-likeness (QED) is 0.106. The van der Waals surface area contributed by atoms with Crippen LogP contribution in [0.3, 0.4) is 0 Å². The molecule has 3 amide bonds. The summed E-state index contributed by atoms with van der Waals surface area (Å²) >= 11 is 3.95. The molecule has 0 saturated heterocycles. The smallest absolute Gasteiger partial charge is 0.326 e. The van der Waals surface area contributed by atoms with Crippen LogP contribution in [-0.2, 0) is 24.0 Å². The number of carbonyl (C=O) groups is 5. The molecular weight excluding hydrogens is 394 g/mol. The zero-order valence-corrected chi connectivity index (χ0v) is 16.1. The Balaban J connectivity index is 5.05. The summed E-state index contributed by atoms with van der Waals surface area (Å²) in [6, 6.07) is -3.87. The van der Waals surface area contributed by atoms with Crippen LogP contribution in [0.25, 0.3) is 0 Å². The van der Waals surface area contributed by atoms with Gasteiger partial charge in [0.25, 0.3) is 0 Å². The third-order valence-corrected chi connectivity index (χ3v) is 3.96. The van der Waals surface area contributed by atoms with Crippen LogP contribution in [0, 0.1) is 0 Å². The molecule has 0 aromatic rings. The van der Waals surface area contributed by atoms with Gasteiger partial charge in [0.2, 0.25) is 17.7 Å². The normalized spacial score (nSPS) is 13.7. The van der Waals surface area contributed by atoms with E-state index in [-0.39, 0.29) is 18.7 Å². The van der Waals surface area contributed by atoms with Gasteiger partial charge in [-0.05, 0) is 25.8 Å². The van der Waals surface area contributed by atoms with Crippen molar-refractivity contribution in [2.24, 2.45) is 11.5 Å². The molecule has 0 aliphatic rings. The minimum atomic E-state index is -1.67. The molecule has 0 bridgehead atoms. The van der Waals surface area contributed by atoms with Gasteiger partial charge in [-0.3, -0.25) is 19.2 Å². The summed E-state index contributed by atoms with van der Waals surface area (Å²) in [5.41, 5.74) is 10.6. The molecule has 12 nitrogen and oxygen atoms in total. The average Bonchev–Trinajstić information content (AvgIpc) is 2.63. The molecule has 28 heavy (non-hydrogen) atoms. The highest BCUT2D eigenvalue weighted by atomic mass is 32.1. The van der Waals surface area contributed by atoms with E-state index in [0.29, 0.717) is 19.4 Å². The summed E-state index contributed by atoms with van der Waals surface area (Å²) in [7, 11) is 0. The van der Waals surface area contributed by atoms with Crippen molar-refractivity contribution in [3.8, 4) is 0 Å². The van der Waals surface area contributed by atoms with Gasteiger partial charge in [0, 0.05) is 5.75 Å². The van der Waals surface area contributed by atoms with Crippen LogP contribution >= 0.6 is 12.6 Å². The summed E-state index contributed by atoms with van der Waals surface area (Å²) in [6.45, 7) is 0.0770. The Morgan fingerprint density at radius 3 is 1.89 bits per heavy atom. The van der Waals surface area contributed by atoms with Crippen molar-refractivity contribution in [3.63, 3.8) is 0 Å². The number of aliphatic carboxylic acids is 2. The van der Waals surface area contributed by atoms with E-state index in [1.54, 1.807) is 0 Å². The molecule has 0 fully saturated rings. The molecule has 3 atom stereocenters. The Bertz CT molecular complexity index is 575. The number of thiol groups is 1. The zero-order chi connectivity index (χ0) is 21.7. The molecule has 0 radical (unpaired) electrons. The lowest BCUT2D eigenvalue weighted by atomic mass is 10.1. The fourth-order valence-electron chi connectivity index (χ4n) is 2.13. The second-order valence-electron chi connectivity index (χ2n) is 5.85. The average molecular weight is 421 g/mol. The van der Waals surface area contributed by atoms with Crippen LogP contribution in [0.4, 0.5) is 0 Å². The molecular formula is C15H27N5O7S. The molecule has 0 heterocycles. The number of nitrogens with one attached hydrogen (secondary N) is 3. The Morgan fingerprint density at radius 2 is 1.43 bits per heavy atom. The number of carbonyl (C=O) groups excluding carboxylic acids is 3. The number of rotatable bonds is 14. The minimum absolute atomic E-state index is 0.183. The standard InChI is InChI=1S/C15H27N5O7S/c16-4-2-1-3-8(18-11(21)6-17)13(24)20-10(7-28)14(25)19-9(15(26)27)5-12(22)23/h8-10,28H,1-7,16-17H2,(H,18,21)(H,19,25)(H,20,24)(H,22,23)(H,26,27). The topological polar surface area (TPSA) is 214 Å². The summed E-state index contributed by atoms with van der Waals surface area (Å²) < 4.78 is 0. The van der Waals surface area contributed by atoms with E-state index in [4.69, 9.17) is 21.7 Å². The van der Waals surface area contributed by atoms with Crippen molar-refractivity contribution >= 4 is 42.3 Å². The van der Waals surface area contributed by atoms with Gasteiger partial charge < -0.3 is 37.6 Å². The second-order valence-corrected chi connectivity index (χ2v) is 6.21. The molecule has 0 aromatic heterocycles. The van der Waals surface area contributed by atoms with Crippen molar-refractivity contribution in [2.45, 2.75) is 43.8 Å². The third-order valence-electron chi connectivity index (χ3n) is 3.59. The van der Waals surface area contributed by atoms with Crippen LogP contribution in [0.1, 0.15) is 25.7 Å². The van der Waals surface area contributed by atoms with Gasteiger partial charge in [0.05, 0.1) is 13.0 Å². The number of hydrogen-bond donors (Lipinski definition) is 8.